The zero-order valence-electron chi connectivity index (χ0n) is 13.2. The molecule has 1 heterocycles. The number of carbonyl (C=O) groups excluding carboxylic acids is 1. The Bertz CT molecular complexity index is 654. The number of nitrogens with zero attached hydrogens (tertiary/aromatic N) is 1. The number of rotatable bonds is 8. The first-order valence-electron chi connectivity index (χ1n) is 7.51. The number of ether oxygens (including phenoxy) is 2. The molecule has 1 aromatic carbocycles. The summed E-state index contributed by atoms with van der Waals surface area (Å²) < 4.78 is 11.2. The van der Waals surface area contributed by atoms with E-state index in [1.807, 2.05) is 36.6 Å². The van der Waals surface area contributed by atoms with Crippen molar-refractivity contribution in [2.45, 2.75) is 20.3 Å². The molecule has 0 bridgehead atoms. The Morgan fingerprint density at radius 3 is 2.83 bits per heavy atom. The minimum absolute atomic E-state index is 0.218. The summed E-state index contributed by atoms with van der Waals surface area (Å²) in [5.41, 5.74) is 3.33. The van der Waals surface area contributed by atoms with Crippen molar-refractivity contribution in [1.82, 2.24) is 5.43 Å². The standard InChI is InChI=1S/C17H20N2O3S/c1-3-9-22-14-8-7-13(11-15(14)21-4-2)12-18-19-17(20)16-6-5-10-23-16/h5-8,10-12H,3-4,9H2,1-2H3,(H,19,20)/b18-12-. The highest BCUT2D eigenvalue weighted by Crippen LogP contribution is 2.28. The Hall–Kier alpha value is -2.34. The first-order valence-corrected chi connectivity index (χ1v) is 8.39. The van der Waals surface area contributed by atoms with Crippen LogP contribution in [0.2, 0.25) is 0 Å². The van der Waals surface area contributed by atoms with E-state index in [2.05, 4.69) is 17.5 Å². The van der Waals surface area contributed by atoms with Crippen LogP contribution in [-0.4, -0.2) is 25.3 Å². The highest BCUT2D eigenvalue weighted by molar-refractivity contribution is 7.12. The van der Waals surface area contributed by atoms with Crippen molar-refractivity contribution in [3.8, 4) is 11.5 Å². The molecule has 0 atom stereocenters. The van der Waals surface area contributed by atoms with Gasteiger partial charge in [0.15, 0.2) is 11.5 Å². The van der Waals surface area contributed by atoms with E-state index in [0.29, 0.717) is 29.6 Å². The number of benzene rings is 1. The molecule has 2 aromatic rings. The van der Waals surface area contributed by atoms with Gasteiger partial charge in [-0.25, -0.2) is 5.43 Å². The molecule has 0 aliphatic rings. The third-order valence-electron chi connectivity index (χ3n) is 2.85. The molecule has 0 aliphatic heterocycles. The maximum absolute atomic E-state index is 11.8. The van der Waals surface area contributed by atoms with Crippen LogP contribution in [0.1, 0.15) is 35.5 Å². The Labute approximate surface area is 139 Å². The molecule has 1 amide bonds. The second-order valence-corrected chi connectivity index (χ2v) is 5.61. The molecule has 2 rings (SSSR count). The summed E-state index contributed by atoms with van der Waals surface area (Å²) in [6.07, 6.45) is 2.52. The lowest BCUT2D eigenvalue weighted by Crippen LogP contribution is -2.16. The molecule has 23 heavy (non-hydrogen) atoms. The summed E-state index contributed by atoms with van der Waals surface area (Å²) in [6, 6.07) is 9.14. The van der Waals surface area contributed by atoms with Crippen molar-refractivity contribution in [3.63, 3.8) is 0 Å². The maximum atomic E-state index is 11.8. The average molecular weight is 332 g/mol. The molecule has 0 saturated carbocycles. The molecule has 1 N–H and O–H groups in total. The zero-order chi connectivity index (χ0) is 16.5. The van der Waals surface area contributed by atoms with E-state index >= 15 is 0 Å². The van der Waals surface area contributed by atoms with Crippen LogP contribution >= 0.6 is 11.3 Å². The fourth-order valence-electron chi connectivity index (χ4n) is 1.83. The molecule has 0 aliphatic carbocycles. The molecule has 0 saturated heterocycles. The van der Waals surface area contributed by atoms with Crippen molar-refractivity contribution in [2.24, 2.45) is 5.10 Å². The third-order valence-corrected chi connectivity index (χ3v) is 3.72. The van der Waals surface area contributed by atoms with Crippen LogP contribution in [0.4, 0.5) is 0 Å². The second-order valence-electron chi connectivity index (χ2n) is 4.66. The van der Waals surface area contributed by atoms with Crippen LogP contribution in [0.5, 0.6) is 11.5 Å². The van der Waals surface area contributed by atoms with Gasteiger partial charge >= 0.3 is 0 Å². The highest BCUT2D eigenvalue weighted by Gasteiger charge is 2.06. The van der Waals surface area contributed by atoms with Crippen molar-refractivity contribution in [3.05, 3.63) is 46.2 Å². The summed E-state index contributed by atoms with van der Waals surface area (Å²) in [5, 5.41) is 5.83. The molecule has 6 heteroatoms. The van der Waals surface area contributed by atoms with Gasteiger partial charge in [-0.1, -0.05) is 13.0 Å². The minimum atomic E-state index is -0.218. The molecule has 0 radical (unpaired) electrons. The number of amides is 1. The summed E-state index contributed by atoms with van der Waals surface area (Å²) in [6.45, 7) is 5.17. The topological polar surface area (TPSA) is 59.9 Å². The van der Waals surface area contributed by atoms with E-state index in [0.717, 1.165) is 12.0 Å². The van der Waals surface area contributed by atoms with Crippen molar-refractivity contribution in [2.75, 3.05) is 13.2 Å². The SMILES string of the molecule is CCCOc1ccc(/C=N\NC(=O)c2cccs2)cc1OCC. The van der Waals surface area contributed by atoms with Gasteiger partial charge in [0.25, 0.3) is 5.91 Å². The maximum Gasteiger partial charge on any atom is 0.281 e. The molecular weight excluding hydrogens is 312 g/mol. The number of hydrogen-bond donors (Lipinski definition) is 1. The van der Waals surface area contributed by atoms with Crippen LogP contribution in [0.25, 0.3) is 0 Å². The number of hydrazone groups is 1. The number of hydrogen-bond acceptors (Lipinski definition) is 5. The molecule has 0 spiro atoms. The number of thiophene rings is 1. The van der Waals surface area contributed by atoms with Gasteiger partial charge in [-0.2, -0.15) is 5.10 Å². The van der Waals surface area contributed by atoms with E-state index in [4.69, 9.17) is 9.47 Å². The fraction of sp³-hybridized carbons (Fsp3) is 0.294. The van der Waals surface area contributed by atoms with Crippen LogP contribution in [0, 0.1) is 0 Å². The summed E-state index contributed by atoms with van der Waals surface area (Å²) in [7, 11) is 0. The Morgan fingerprint density at radius 1 is 1.26 bits per heavy atom. The van der Waals surface area contributed by atoms with E-state index < -0.39 is 0 Å². The number of nitrogens with one attached hydrogen (secondary N) is 1. The van der Waals surface area contributed by atoms with Gasteiger partial charge < -0.3 is 9.47 Å². The van der Waals surface area contributed by atoms with Crippen molar-refractivity contribution < 1.29 is 14.3 Å². The Kier molecular flexibility index (Phi) is 6.62. The monoisotopic (exact) mass is 332 g/mol. The van der Waals surface area contributed by atoms with Gasteiger partial charge in [-0.15, -0.1) is 11.3 Å². The first kappa shape index (κ1) is 17.0. The predicted octanol–water partition coefficient (Wildman–Crippen LogP) is 3.70. The normalized spacial score (nSPS) is 10.7. The van der Waals surface area contributed by atoms with Gasteiger partial charge in [0.2, 0.25) is 0 Å². The predicted molar refractivity (Wildman–Crippen MR) is 92.8 cm³/mol. The second kappa shape index (κ2) is 8.95. The molecule has 1 aromatic heterocycles. The van der Waals surface area contributed by atoms with Crippen molar-refractivity contribution >= 4 is 23.5 Å². The minimum Gasteiger partial charge on any atom is -0.490 e. The van der Waals surface area contributed by atoms with Gasteiger partial charge in [-0.3, -0.25) is 4.79 Å². The van der Waals surface area contributed by atoms with Crippen LogP contribution in [0.3, 0.4) is 0 Å². The lowest BCUT2D eigenvalue weighted by atomic mass is 10.2. The number of carbonyl (C=O) groups is 1. The molecule has 122 valence electrons. The van der Waals surface area contributed by atoms with E-state index in [-0.39, 0.29) is 5.91 Å². The van der Waals surface area contributed by atoms with Gasteiger partial charge in [0, 0.05) is 0 Å². The van der Waals surface area contributed by atoms with Gasteiger partial charge in [0.05, 0.1) is 24.3 Å². The molecule has 0 fully saturated rings. The Balaban J connectivity index is 2.02. The average Bonchev–Trinajstić information content (AvgIpc) is 3.09. The molecular formula is C17H20N2O3S. The van der Waals surface area contributed by atoms with E-state index in [1.54, 1.807) is 12.3 Å². The fourth-order valence-corrected chi connectivity index (χ4v) is 2.45. The lowest BCUT2D eigenvalue weighted by molar-refractivity contribution is 0.0959. The van der Waals surface area contributed by atoms with Gasteiger partial charge in [0.1, 0.15) is 0 Å². The van der Waals surface area contributed by atoms with Crippen LogP contribution in [-0.2, 0) is 0 Å². The molecule has 0 unspecified atom stereocenters. The highest BCUT2D eigenvalue weighted by atomic mass is 32.1. The van der Waals surface area contributed by atoms with Crippen molar-refractivity contribution in [1.29, 1.82) is 0 Å². The zero-order valence-corrected chi connectivity index (χ0v) is 14.1. The Morgan fingerprint density at radius 2 is 2.13 bits per heavy atom. The lowest BCUT2D eigenvalue weighted by Gasteiger charge is -2.11. The smallest absolute Gasteiger partial charge is 0.281 e. The van der Waals surface area contributed by atoms with E-state index in [1.165, 1.54) is 11.3 Å². The quantitative estimate of drug-likeness (QED) is 0.592. The summed E-state index contributed by atoms with van der Waals surface area (Å²) in [5.74, 6) is 1.17. The van der Waals surface area contributed by atoms with Gasteiger partial charge in [-0.05, 0) is 48.6 Å². The van der Waals surface area contributed by atoms with Crippen LogP contribution < -0.4 is 14.9 Å². The summed E-state index contributed by atoms with van der Waals surface area (Å²) in [4.78, 5) is 12.4. The first-order chi connectivity index (χ1) is 11.2. The third kappa shape index (κ3) is 5.10. The largest absolute Gasteiger partial charge is 0.490 e. The molecule has 5 nitrogen and oxygen atoms in total. The van der Waals surface area contributed by atoms with E-state index in [9.17, 15) is 4.79 Å². The van der Waals surface area contributed by atoms with Crippen LogP contribution in [0.15, 0.2) is 40.8 Å². The summed E-state index contributed by atoms with van der Waals surface area (Å²) >= 11 is 1.37.